The second-order valence-corrected chi connectivity index (χ2v) is 43.4. The van der Waals surface area contributed by atoms with E-state index in [1.54, 1.807) is 0 Å². The van der Waals surface area contributed by atoms with Gasteiger partial charge in [0, 0.05) is 123 Å². The van der Waals surface area contributed by atoms with Gasteiger partial charge in [-0.1, -0.05) is 334 Å². The summed E-state index contributed by atoms with van der Waals surface area (Å²) in [5.74, 6) is 0. The van der Waals surface area contributed by atoms with Crippen LogP contribution in [0.5, 0.6) is 0 Å². The van der Waals surface area contributed by atoms with Gasteiger partial charge < -0.3 is 28.7 Å². The monoisotopic (exact) mass is 1920 g/mol. The first-order valence-electron chi connectivity index (χ1n) is 52.7. The molecule has 30 rings (SSSR count). The van der Waals surface area contributed by atoms with E-state index in [1.165, 1.54) is 197 Å². The van der Waals surface area contributed by atoms with Gasteiger partial charge in [-0.2, -0.15) is 0 Å². The van der Waals surface area contributed by atoms with Crippen molar-refractivity contribution in [1.29, 1.82) is 0 Å². The van der Waals surface area contributed by atoms with Gasteiger partial charge in [-0.05, 0) is 372 Å². The van der Waals surface area contributed by atoms with Crippen LogP contribution in [0, 0.1) is 0 Å². The normalized spacial score (nSPS) is 13.8. The van der Waals surface area contributed by atoms with Crippen LogP contribution in [0.3, 0.4) is 0 Å². The second-order valence-electron chi connectivity index (χ2n) is 43.4. The molecular weight excluding hydrogens is 1810 g/mol. The van der Waals surface area contributed by atoms with Crippen LogP contribution in [-0.4, -0.2) is 9.13 Å². The maximum atomic E-state index is 2.50. The molecule has 0 saturated carbocycles. The van der Waals surface area contributed by atoms with Crippen LogP contribution in [0.1, 0.15) is 99.9 Å². The highest BCUT2D eigenvalue weighted by Crippen LogP contribution is 2.61. The van der Waals surface area contributed by atoms with Gasteiger partial charge in [-0.3, -0.25) is 0 Å². The highest BCUT2D eigenvalue weighted by molar-refractivity contribution is 6.23. The minimum atomic E-state index is -0.299. The van der Waals surface area contributed by atoms with Crippen molar-refractivity contribution in [1.82, 2.24) is 9.13 Å². The van der Waals surface area contributed by atoms with Crippen molar-refractivity contribution in [3.8, 4) is 55.9 Å². The predicted molar refractivity (Wildman–Crippen MR) is 636 cm³/mol. The van der Waals surface area contributed by atoms with E-state index in [2.05, 4.69) is 582 Å². The summed E-state index contributed by atoms with van der Waals surface area (Å²) in [7, 11) is 0. The Labute approximate surface area is 873 Å². The number of para-hydroxylation sites is 8. The average Bonchev–Trinajstić information content (AvgIpc) is 1.45. The number of hydrogen-bond donors (Lipinski definition) is 0. The molecule has 0 spiro atoms. The van der Waals surface area contributed by atoms with Gasteiger partial charge >= 0.3 is 0 Å². The van der Waals surface area contributed by atoms with Gasteiger partial charge in [0.1, 0.15) is 0 Å². The lowest BCUT2D eigenvalue weighted by atomic mass is 9.79. The van der Waals surface area contributed by atoms with Crippen molar-refractivity contribution in [3.63, 3.8) is 0 Å². The molecule has 0 unspecified atom stereocenters. The SMILES string of the molecule is CC1(C)c2cc3cc(N(c4ccccc4)c4ccc5c(c4)c4ccccc4n5-c4ccccc4)ccc3cc2-c2c1c1ccc(N(c3ccccc3)c3ccc4c(c3)c3ccccc3n4-c3ccccc3)cc1c1ccccc21.CC1(C)c2ccccc2-c2ccc(N(c3ccccc3)c3ccc4cc5c(cc4c3)C(C)(C)c3c-5c4ccccc4c4cc(N(c5ccccc5)c5ccc6c(c5)C(C)(C)c5ccccc5-6)ccc34)cc21. The third-order valence-corrected chi connectivity index (χ3v) is 33.7. The molecule has 0 fully saturated rings. The van der Waals surface area contributed by atoms with Crippen LogP contribution in [0.15, 0.2) is 497 Å². The quantitative estimate of drug-likeness (QED) is 0.101. The van der Waals surface area contributed by atoms with Crippen molar-refractivity contribution < 1.29 is 0 Å². The van der Waals surface area contributed by atoms with E-state index in [-0.39, 0.29) is 21.7 Å². The maximum Gasteiger partial charge on any atom is 0.0542 e. The number of anilines is 12. The Morgan fingerprint density at radius 1 is 0.147 bits per heavy atom. The third kappa shape index (κ3) is 13.4. The Balaban J connectivity index is 0.000000142. The third-order valence-electron chi connectivity index (χ3n) is 33.7. The Morgan fingerprint density at radius 3 is 0.787 bits per heavy atom. The van der Waals surface area contributed by atoms with Crippen LogP contribution in [0.2, 0.25) is 0 Å². The summed E-state index contributed by atoms with van der Waals surface area (Å²) < 4.78 is 4.77. The molecule has 0 bridgehead atoms. The fraction of sp³-hybridized carbons (Fsp3) is 0.0833. The lowest BCUT2D eigenvalue weighted by Gasteiger charge is -2.29. The fourth-order valence-corrected chi connectivity index (χ4v) is 26.7. The average molecular weight is 1920 g/mol. The zero-order valence-corrected chi connectivity index (χ0v) is 85.0. The first-order valence-corrected chi connectivity index (χ1v) is 52.7. The summed E-state index contributed by atoms with van der Waals surface area (Å²) in [6, 6.07) is 185. The van der Waals surface area contributed by atoms with Gasteiger partial charge in [0.2, 0.25) is 0 Å². The first kappa shape index (κ1) is 88.2. The van der Waals surface area contributed by atoms with Crippen LogP contribution in [0.25, 0.3) is 164 Å². The summed E-state index contributed by atoms with van der Waals surface area (Å²) >= 11 is 0. The predicted octanol–water partition coefficient (Wildman–Crippen LogP) is 39.6. The largest absolute Gasteiger partial charge is 0.310 e. The molecule has 2 aromatic heterocycles. The topological polar surface area (TPSA) is 22.8 Å². The molecule has 712 valence electrons. The molecule has 0 amide bonds. The lowest BCUT2D eigenvalue weighted by molar-refractivity contribution is 0.660. The van der Waals surface area contributed by atoms with Crippen molar-refractivity contribution in [3.05, 3.63) is 542 Å². The molecule has 0 aliphatic heterocycles. The molecule has 0 saturated heterocycles. The number of aromatic nitrogens is 2. The molecule has 4 aliphatic rings. The smallest absolute Gasteiger partial charge is 0.0542 e. The maximum absolute atomic E-state index is 2.50. The minimum Gasteiger partial charge on any atom is -0.310 e. The highest BCUT2D eigenvalue weighted by Gasteiger charge is 2.44. The van der Waals surface area contributed by atoms with E-state index in [9.17, 15) is 0 Å². The zero-order chi connectivity index (χ0) is 100. The molecule has 26 aromatic rings. The minimum absolute atomic E-state index is 0.0981. The standard InChI is InChI=1S/C75H52N4.C69H54N2/c1-75(2)68-45-50-43-55(76(51-21-7-3-8-22-51)57-38-41-71-65(47-57)60-30-17-19-33-69(60)78(71)53-25-11-5-12-26-53)36-35-49(50)44-67(68)73-62-32-16-15-29-59(62)64-46-56(37-40-63(64)74(73)75)77(52-23-9-4-10-24-52)58-39-42-72-66(48-58)61-31-18-20-34-70(61)79(72)54-27-13-6-14-28-54;1-67(2)60-27-17-15-24-52(60)54-34-31-49(41-63(54)67)70(45-19-9-7-10-20-45)47-30-29-43-38-59-62(39-44(43)37-47)69(5,6)66-57-36-33-48(40-58(57)51-23-13-14-26-56(51)65(59)66)71(46-21-11-8-12-22-46)50-32-35-55-53-25-16-18-28-61(53)68(3,4)64(55)42-50/h3-48H,1-2H3;7-42H,1-6H3. The van der Waals surface area contributed by atoms with Gasteiger partial charge in [-0.15, -0.1) is 0 Å². The Kier molecular flexibility index (Phi) is 19.7. The fourth-order valence-electron chi connectivity index (χ4n) is 26.7. The van der Waals surface area contributed by atoms with Gasteiger partial charge in [0.05, 0.1) is 22.1 Å². The number of hydrogen-bond acceptors (Lipinski definition) is 4. The van der Waals surface area contributed by atoms with Crippen molar-refractivity contribution >= 4 is 176 Å². The van der Waals surface area contributed by atoms with Crippen LogP contribution in [-0.2, 0) is 21.7 Å². The summed E-state index contributed by atoms with van der Waals surface area (Å²) in [6.45, 7) is 19.2. The molecule has 4 aliphatic carbocycles. The Morgan fingerprint density at radius 2 is 0.413 bits per heavy atom. The molecular formula is C144H106N6. The molecule has 0 N–H and O–H groups in total. The lowest BCUT2D eigenvalue weighted by Crippen LogP contribution is -2.17. The van der Waals surface area contributed by atoms with E-state index in [0.29, 0.717) is 0 Å². The Hall–Kier alpha value is -18.4. The van der Waals surface area contributed by atoms with Crippen molar-refractivity contribution in [2.24, 2.45) is 0 Å². The van der Waals surface area contributed by atoms with Gasteiger partial charge in [0.15, 0.2) is 0 Å². The first-order chi connectivity index (χ1) is 73.4. The molecule has 2 heterocycles. The van der Waals surface area contributed by atoms with Crippen molar-refractivity contribution in [2.75, 3.05) is 19.6 Å². The second kappa shape index (κ2) is 33.6. The molecule has 0 radical (unpaired) electrons. The molecule has 150 heavy (non-hydrogen) atoms. The summed E-state index contributed by atoms with van der Waals surface area (Å²) in [6.07, 6.45) is 0. The molecule has 6 heteroatoms. The highest BCUT2D eigenvalue weighted by atomic mass is 15.2. The van der Waals surface area contributed by atoms with Gasteiger partial charge in [-0.25, -0.2) is 0 Å². The van der Waals surface area contributed by atoms with E-state index in [0.717, 1.165) is 79.6 Å². The number of rotatable bonds is 14. The number of benzene rings is 24. The van der Waals surface area contributed by atoms with Crippen LogP contribution >= 0.6 is 0 Å². The summed E-state index contributed by atoms with van der Waals surface area (Å²) in [5, 5.41) is 20.1. The summed E-state index contributed by atoms with van der Waals surface area (Å²) in [5.41, 5.74) is 41.6. The van der Waals surface area contributed by atoms with E-state index in [4.69, 9.17) is 0 Å². The molecule has 0 atom stereocenters. The van der Waals surface area contributed by atoms with Crippen LogP contribution < -0.4 is 19.6 Å². The zero-order valence-electron chi connectivity index (χ0n) is 85.0. The van der Waals surface area contributed by atoms with E-state index in [1.807, 2.05) is 0 Å². The van der Waals surface area contributed by atoms with E-state index < -0.39 is 0 Å². The van der Waals surface area contributed by atoms with Crippen LogP contribution in [0.4, 0.5) is 68.2 Å². The number of nitrogens with zero attached hydrogens (tertiary/aromatic N) is 6. The van der Waals surface area contributed by atoms with Gasteiger partial charge in [0.25, 0.3) is 0 Å². The number of fused-ring (bicyclic) bond motifs is 30. The Bertz CT molecular complexity index is 10100. The van der Waals surface area contributed by atoms with E-state index >= 15 is 0 Å². The molecule has 6 nitrogen and oxygen atoms in total. The van der Waals surface area contributed by atoms with Crippen molar-refractivity contribution in [2.45, 2.75) is 77.0 Å². The molecule has 24 aromatic carbocycles. The summed E-state index contributed by atoms with van der Waals surface area (Å²) in [4.78, 5) is 9.73.